The van der Waals surface area contributed by atoms with Crippen molar-refractivity contribution < 1.29 is 21.1 Å². The summed E-state index contributed by atoms with van der Waals surface area (Å²) >= 11 is 0. The number of hydrogen-bond donors (Lipinski definition) is 0. The Morgan fingerprint density at radius 3 is 1.60 bits per heavy atom. The maximum absolute atomic E-state index is 7.32. The van der Waals surface area contributed by atoms with Gasteiger partial charge in [0.15, 0.2) is 0 Å². The molecule has 0 saturated heterocycles. The number of nitriles is 1. The normalized spacial score (nSPS) is 1.60. The predicted octanol–water partition coefficient (Wildman–Crippen LogP) is 0.949. The molecule has 5 heavy (non-hydrogen) atoms. The SMILES string of the molecule is CC#N.Cl.[Pt]. The van der Waals surface area contributed by atoms with Crippen LogP contribution in [0.2, 0.25) is 0 Å². The first-order chi connectivity index (χ1) is 1.41. The Hall–Kier alpha value is 0.468. The second-order valence-corrected chi connectivity index (χ2v) is 0.224. The van der Waals surface area contributed by atoms with Crippen LogP contribution < -0.4 is 0 Å². The fourth-order valence-electron chi connectivity index (χ4n) is 0. The Bertz CT molecular complexity index is 31.1. The molecule has 0 bridgehead atoms. The van der Waals surface area contributed by atoms with E-state index in [0.29, 0.717) is 0 Å². The van der Waals surface area contributed by atoms with Crippen LogP contribution in [-0.4, -0.2) is 0 Å². The quantitative estimate of drug-likeness (QED) is 0.644. The molecule has 1 nitrogen and oxygen atoms in total. The molecule has 3 heteroatoms. The van der Waals surface area contributed by atoms with E-state index in [1.54, 1.807) is 6.07 Å². The molecule has 0 spiro atoms. The molecule has 0 unspecified atom stereocenters. The van der Waals surface area contributed by atoms with Crippen molar-refractivity contribution in [3.63, 3.8) is 0 Å². The van der Waals surface area contributed by atoms with Gasteiger partial charge in [0.2, 0.25) is 0 Å². The smallest absolute Gasteiger partial charge is 0.0587 e. The zero-order valence-corrected chi connectivity index (χ0v) is 5.76. The van der Waals surface area contributed by atoms with Crippen molar-refractivity contribution >= 4 is 12.4 Å². The molecule has 0 N–H and O–H groups in total. The van der Waals surface area contributed by atoms with E-state index in [1.165, 1.54) is 6.92 Å². The van der Waals surface area contributed by atoms with Gasteiger partial charge in [-0.2, -0.15) is 5.26 Å². The van der Waals surface area contributed by atoms with E-state index in [4.69, 9.17) is 5.26 Å². The van der Waals surface area contributed by atoms with Crippen LogP contribution in [-0.2, 0) is 21.1 Å². The van der Waals surface area contributed by atoms with Crippen LogP contribution in [0.4, 0.5) is 0 Å². The molecule has 0 saturated carbocycles. The minimum absolute atomic E-state index is 0. The third-order valence-corrected chi connectivity index (χ3v) is 0. The van der Waals surface area contributed by atoms with E-state index in [0.717, 1.165) is 0 Å². The number of nitrogens with zero attached hydrogens (tertiary/aromatic N) is 1. The molecule has 0 aromatic heterocycles. The van der Waals surface area contributed by atoms with Crippen molar-refractivity contribution in [1.29, 1.82) is 5.26 Å². The fourth-order valence-corrected chi connectivity index (χ4v) is 0. The van der Waals surface area contributed by atoms with E-state index in [1.807, 2.05) is 0 Å². The third kappa shape index (κ3) is 124. The molecular formula is C2H4ClNPt. The molecule has 0 fully saturated rings. The Labute approximate surface area is 52.0 Å². The summed E-state index contributed by atoms with van der Waals surface area (Å²) in [6, 6.07) is 1.75. The van der Waals surface area contributed by atoms with Gasteiger partial charge in [-0.25, -0.2) is 0 Å². The van der Waals surface area contributed by atoms with E-state index in [2.05, 4.69) is 0 Å². The first-order valence-electron chi connectivity index (χ1n) is 0.724. The average Bonchev–Trinajstić information content (AvgIpc) is 0.918. The van der Waals surface area contributed by atoms with Crippen molar-refractivity contribution in [2.45, 2.75) is 6.92 Å². The Kier molecular flexibility index (Phi) is 89.4. The summed E-state index contributed by atoms with van der Waals surface area (Å²) in [6.07, 6.45) is 0. The van der Waals surface area contributed by atoms with Crippen LogP contribution in [0.5, 0.6) is 0 Å². The monoisotopic (exact) mass is 272 g/mol. The predicted molar refractivity (Wildman–Crippen MR) is 18.5 cm³/mol. The molecule has 34 valence electrons. The Balaban J connectivity index is -0.0000000200. The largest absolute Gasteiger partial charge is 0.199 e. The molecule has 0 amide bonds. The van der Waals surface area contributed by atoms with Gasteiger partial charge in [0.1, 0.15) is 0 Å². The van der Waals surface area contributed by atoms with Crippen LogP contribution in [0.25, 0.3) is 0 Å². The van der Waals surface area contributed by atoms with Gasteiger partial charge in [0.25, 0.3) is 0 Å². The second-order valence-electron chi connectivity index (χ2n) is 0.224. The Morgan fingerprint density at radius 1 is 1.60 bits per heavy atom. The fraction of sp³-hybridized carbons (Fsp3) is 0.500. The van der Waals surface area contributed by atoms with E-state index < -0.39 is 0 Å². The van der Waals surface area contributed by atoms with Crippen LogP contribution in [0.15, 0.2) is 0 Å². The first-order valence-corrected chi connectivity index (χ1v) is 0.724. The summed E-state index contributed by atoms with van der Waals surface area (Å²) < 4.78 is 0. The second kappa shape index (κ2) is 24.9. The molecule has 0 aromatic rings. The van der Waals surface area contributed by atoms with Gasteiger partial charge < -0.3 is 0 Å². The first kappa shape index (κ1) is 17.9. The molecule has 0 aliphatic carbocycles. The van der Waals surface area contributed by atoms with Crippen molar-refractivity contribution in [3.05, 3.63) is 0 Å². The van der Waals surface area contributed by atoms with Gasteiger partial charge in [-0.3, -0.25) is 0 Å². The van der Waals surface area contributed by atoms with Gasteiger partial charge in [-0.1, -0.05) is 0 Å². The van der Waals surface area contributed by atoms with Crippen LogP contribution in [0, 0.1) is 11.3 Å². The van der Waals surface area contributed by atoms with Crippen LogP contribution in [0.3, 0.4) is 0 Å². The molecule has 0 aliphatic heterocycles. The summed E-state index contributed by atoms with van der Waals surface area (Å²) in [6.45, 7) is 1.43. The maximum atomic E-state index is 7.32. The van der Waals surface area contributed by atoms with Crippen molar-refractivity contribution in [2.75, 3.05) is 0 Å². The summed E-state index contributed by atoms with van der Waals surface area (Å²) in [4.78, 5) is 0. The summed E-state index contributed by atoms with van der Waals surface area (Å²) in [7, 11) is 0. The topological polar surface area (TPSA) is 23.8 Å². The minimum atomic E-state index is 0. The Morgan fingerprint density at radius 2 is 1.60 bits per heavy atom. The van der Waals surface area contributed by atoms with E-state index in [-0.39, 0.29) is 33.5 Å². The van der Waals surface area contributed by atoms with Gasteiger partial charge >= 0.3 is 0 Å². The van der Waals surface area contributed by atoms with Crippen LogP contribution in [0.1, 0.15) is 6.92 Å². The molecule has 0 atom stereocenters. The van der Waals surface area contributed by atoms with Crippen LogP contribution >= 0.6 is 12.4 Å². The third-order valence-electron chi connectivity index (χ3n) is 0. The number of hydrogen-bond acceptors (Lipinski definition) is 1. The molecule has 0 radical (unpaired) electrons. The number of halogens is 1. The molecule has 0 heterocycles. The molecule has 0 aromatic carbocycles. The van der Waals surface area contributed by atoms with Gasteiger partial charge in [0, 0.05) is 28.0 Å². The summed E-state index contributed by atoms with van der Waals surface area (Å²) in [5.74, 6) is 0. The average molecular weight is 273 g/mol. The van der Waals surface area contributed by atoms with E-state index >= 15 is 0 Å². The van der Waals surface area contributed by atoms with Crippen molar-refractivity contribution in [2.24, 2.45) is 0 Å². The van der Waals surface area contributed by atoms with Gasteiger partial charge in [0.05, 0.1) is 6.07 Å². The van der Waals surface area contributed by atoms with E-state index in [9.17, 15) is 0 Å². The maximum Gasteiger partial charge on any atom is 0.0587 e. The van der Waals surface area contributed by atoms with Crippen molar-refractivity contribution in [3.8, 4) is 6.07 Å². The summed E-state index contributed by atoms with van der Waals surface area (Å²) in [5, 5.41) is 7.32. The van der Waals surface area contributed by atoms with Gasteiger partial charge in [-0.15, -0.1) is 12.4 Å². The summed E-state index contributed by atoms with van der Waals surface area (Å²) in [5.41, 5.74) is 0. The zero-order chi connectivity index (χ0) is 2.71. The standard InChI is InChI=1S/C2H3N.ClH.Pt/c1-2-3;;/h1H3;1H;. The van der Waals surface area contributed by atoms with Gasteiger partial charge in [-0.05, 0) is 0 Å². The molecule has 0 rings (SSSR count). The molecule has 0 aliphatic rings. The minimum Gasteiger partial charge on any atom is -0.199 e. The molecular weight excluding hydrogens is 269 g/mol. The van der Waals surface area contributed by atoms with Crippen molar-refractivity contribution in [1.82, 2.24) is 0 Å². The number of rotatable bonds is 0. The zero-order valence-electron chi connectivity index (χ0n) is 2.67.